The SMILES string of the molecule is Cc1cc(C)c(S(=O)(=O)N2CCC3(CCN(C(=O)c4cc5ccccc5n4C)CC3)C2)c(C)c1. The van der Waals surface area contributed by atoms with Crippen LogP contribution >= 0.6 is 0 Å². The lowest BCUT2D eigenvalue weighted by atomic mass is 9.78. The Morgan fingerprint density at radius 2 is 1.53 bits per heavy atom. The van der Waals surface area contributed by atoms with Gasteiger partial charge in [-0.05, 0) is 68.7 Å². The molecule has 1 spiro atoms. The number of hydrogen-bond donors (Lipinski definition) is 0. The van der Waals surface area contributed by atoms with Crippen molar-refractivity contribution in [1.82, 2.24) is 13.8 Å². The van der Waals surface area contributed by atoms with Crippen LogP contribution in [-0.2, 0) is 17.1 Å². The van der Waals surface area contributed by atoms with Gasteiger partial charge in [-0.15, -0.1) is 0 Å². The maximum Gasteiger partial charge on any atom is 0.270 e. The van der Waals surface area contributed by atoms with Crippen molar-refractivity contribution >= 4 is 26.8 Å². The number of carbonyl (C=O) groups excluding carboxylic acids is 1. The van der Waals surface area contributed by atoms with Crippen molar-refractivity contribution in [2.24, 2.45) is 12.5 Å². The van der Waals surface area contributed by atoms with Crippen LogP contribution in [0.1, 0.15) is 46.4 Å². The van der Waals surface area contributed by atoms with Crippen molar-refractivity contribution in [1.29, 1.82) is 0 Å². The predicted octanol–water partition coefficient (Wildman–Crippen LogP) is 4.42. The summed E-state index contributed by atoms with van der Waals surface area (Å²) in [6.07, 6.45) is 2.52. The van der Waals surface area contributed by atoms with E-state index >= 15 is 0 Å². The normalized spacial score (nSPS) is 18.8. The minimum atomic E-state index is -3.54. The molecule has 2 aliphatic heterocycles. The molecule has 34 heavy (non-hydrogen) atoms. The number of aromatic nitrogens is 1. The van der Waals surface area contributed by atoms with E-state index in [0.717, 1.165) is 46.9 Å². The number of sulfonamides is 1. The van der Waals surface area contributed by atoms with Crippen LogP contribution < -0.4 is 0 Å². The smallest absolute Gasteiger partial charge is 0.270 e. The number of fused-ring (bicyclic) bond motifs is 1. The first-order valence-electron chi connectivity index (χ1n) is 12.0. The predicted molar refractivity (Wildman–Crippen MR) is 135 cm³/mol. The van der Waals surface area contributed by atoms with Gasteiger partial charge in [-0.3, -0.25) is 4.79 Å². The molecule has 0 unspecified atom stereocenters. The Morgan fingerprint density at radius 3 is 2.18 bits per heavy atom. The number of para-hydroxylation sites is 1. The molecule has 1 amide bonds. The van der Waals surface area contributed by atoms with E-state index in [1.807, 2.05) is 79.8 Å². The third kappa shape index (κ3) is 3.75. The number of nitrogens with zero attached hydrogens (tertiary/aromatic N) is 3. The van der Waals surface area contributed by atoms with Gasteiger partial charge in [0.25, 0.3) is 5.91 Å². The van der Waals surface area contributed by atoms with Crippen molar-refractivity contribution in [2.75, 3.05) is 26.2 Å². The van der Waals surface area contributed by atoms with E-state index in [-0.39, 0.29) is 11.3 Å². The second kappa shape index (κ2) is 8.24. The molecule has 2 aromatic carbocycles. The molecule has 2 saturated heterocycles. The molecule has 2 aliphatic rings. The van der Waals surface area contributed by atoms with Crippen LogP contribution in [0.15, 0.2) is 47.4 Å². The molecule has 1 aromatic heterocycles. The largest absolute Gasteiger partial charge is 0.340 e. The number of amides is 1. The molecule has 6 nitrogen and oxygen atoms in total. The molecule has 0 atom stereocenters. The van der Waals surface area contributed by atoms with Crippen molar-refractivity contribution in [3.05, 3.63) is 64.8 Å². The molecular weight excluding hydrogens is 446 g/mol. The number of rotatable bonds is 3. The van der Waals surface area contributed by atoms with Gasteiger partial charge in [-0.25, -0.2) is 8.42 Å². The number of hydrogen-bond acceptors (Lipinski definition) is 3. The Morgan fingerprint density at radius 1 is 0.912 bits per heavy atom. The summed E-state index contributed by atoms with van der Waals surface area (Å²) < 4.78 is 30.8. The summed E-state index contributed by atoms with van der Waals surface area (Å²) in [4.78, 5) is 15.7. The summed E-state index contributed by atoms with van der Waals surface area (Å²) in [6.45, 7) is 8.18. The number of likely N-dealkylation sites (tertiary alicyclic amines) is 1. The van der Waals surface area contributed by atoms with Crippen LogP contribution in [0.25, 0.3) is 10.9 Å². The number of aryl methyl sites for hydroxylation is 4. The van der Waals surface area contributed by atoms with Crippen LogP contribution in [0.4, 0.5) is 0 Å². The Labute approximate surface area is 202 Å². The minimum Gasteiger partial charge on any atom is -0.340 e. The topological polar surface area (TPSA) is 62.6 Å². The summed E-state index contributed by atoms with van der Waals surface area (Å²) in [5.41, 5.74) is 4.42. The highest BCUT2D eigenvalue weighted by molar-refractivity contribution is 7.89. The standard InChI is InChI=1S/C27H33N3O3S/c1-19-15-20(2)25(21(3)16-19)34(32,33)30-14-11-27(18-30)9-12-29(13-10-27)26(31)24-17-22-7-5-6-8-23(22)28(24)4/h5-8,15-17H,9-14,18H2,1-4H3. The fourth-order valence-corrected chi connectivity index (χ4v) is 8.02. The molecule has 3 aromatic rings. The zero-order valence-corrected chi connectivity index (χ0v) is 21.3. The van der Waals surface area contributed by atoms with Gasteiger partial charge in [0.2, 0.25) is 10.0 Å². The zero-order chi connectivity index (χ0) is 24.3. The number of piperidine rings is 1. The lowest BCUT2D eigenvalue weighted by Crippen LogP contribution is -2.45. The second-order valence-electron chi connectivity index (χ2n) is 10.3. The van der Waals surface area contributed by atoms with Crippen molar-refractivity contribution in [3.8, 4) is 0 Å². The average Bonchev–Trinajstić information content (AvgIpc) is 3.35. The minimum absolute atomic E-state index is 0.0464. The van der Waals surface area contributed by atoms with Crippen LogP contribution in [0.3, 0.4) is 0 Å². The van der Waals surface area contributed by atoms with E-state index in [2.05, 4.69) is 0 Å². The highest BCUT2D eigenvalue weighted by atomic mass is 32.2. The van der Waals surface area contributed by atoms with E-state index in [4.69, 9.17) is 0 Å². The zero-order valence-electron chi connectivity index (χ0n) is 20.5. The number of carbonyl (C=O) groups is 1. The highest BCUT2D eigenvalue weighted by Crippen LogP contribution is 2.43. The Bertz CT molecular complexity index is 1360. The molecule has 0 bridgehead atoms. The first-order chi connectivity index (χ1) is 16.1. The third-order valence-electron chi connectivity index (χ3n) is 7.89. The quantitative estimate of drug-likeness (QED) is 0.559. The van der Waals surface area contributed by atoms with Gasteiger partial charge in [0.05, 0.1) is 4.90 Å². The molecule has 0 aliphatic carbocycles. The van der Waals surface area contributed by atoms with Crippen LogP contribution in [0, 0.1) is 26.2 Å². The van der Waals surface area contributed by atoms with E-state index in [0.29, 0.717) is 36.8 Å². The maximum absolute atomic E-state index is 13.6. The van der Waals surface area contributed by atoms with Crippen LogP contribution in [0.2, 0.25) is 0 Å². The fourth-order valence-electron chi connectivity index (χ4n) is 6.05. The summed E-state index contributed by atoms with van der Waals surface area (Å²) in [6, 6.07) is 13.9. The Kier molecular flexibility index (Phi) is 5.60. The van der Waals surface area contributed by atoms with Crippen LogP contribution in [0.5, 0.6) is 0 Å². The molecule has 0 N–H and O–H groups in total. The second-order valence-corrected chi connectivity index (χ2v) is 12.1. The summed E-state index contributed by atoms with van der Waals surface area (Å²) in [5.74, 6) is 0.0573. The van der Waals surface area contributed by atoms with Gasteiger partial charge in [0.15, 0.2) is 0 Å². The molecule has 180 valence electrons. The van der Waals surface area contributed by atoms with Gasteiger partial charge in [0.1, 0.15) is 5.69 Å². The highest BCUT2D eigenvalue weighted by Gasteiger charge is 2.45. The van der Waals surface area contributed by atoms with Gasteiger partial charge in [-0.2, -0.15) is 4.31 Å². The summed E-state index contributed by atoms with van der Waals surface area (Å²) in [7, 11) is -1.60. The summed E-state index contributed by atoms with van der Waals surface area (Å²) >= 11 is 0. The van der Waals surface area contributed by atoms with Gasteiger partial charge < -0.3 is 9.47 Å². The third-order valence-corrected chi connectivity index (χ3v) is 10.0. The number of benzene rings is 2. The Hall–Kier alpha value is -2.64. The molecule has 5 rings (SSSR count). The first-order valence-corrected chi connectivity index (χ1v) is 13.5. The van der Waals surface area contributed by atoms with Crippen molar-refractivity contribution < 1.29 is 13.2 Å². The molecule has 0 radical (unpaired) electrons. The maximum atomic E-state index is 13.6. The first kappa shape index (κ1) is 23.1. The van der Waals surface area contributed by atoms with Crippen molar-refractivity contribution in [2.45, 2.75) is 44.9 Å². The lowest BCUT2D eigenvalue weighted by molar-refractivity contribution is 0.0591. The molecule has 0 saturated carbocycles. The molecule has 2 fully saturated rings. The van der Waals surface area contributed by atoms with Gasteiger partial charge in [0, 0.05) is 44.1 Å². The van der Waals surface area contributed by atoms with E-state index in [1.165, 1.54) is 0 Å². The van der Waals surface area contributed by atoms with E-state index < -0.39 is 10.0 Å². The van der Waals surface area contributed by atoms with Crippen LogP contribution in [-0.4, -0.2) is 54.3 Å². The summed E-state index contributed by atoms with van der Waals surface area (Å²) in [5, 5.41) is 1.07. The fraction of sp³-hybridized carbons (Fsp3) is 0.444. The Balaban J connectivity index is 1.30. The van der Waals surface area contributed by atoms with Crippen molar-refractivity contribution in [3.63, 3.8) is 0 Å². The van der Waals surface area contributed by atoms with E-state index in [1.54, 1.807) is 4.31 Å². The molecule has 3 heterocycles. The monoisotopic (exact) mass is 479 g/mol. The van der Waals surface area contributed by atoms with Gasteiger partial charge >= 0.3 is 0 Å². The molecular formula is C27H33N3O3S. The lowest BCUT2D eigenvalue weighted by Gasteiger charge is -2.39. The van der Waals surface area contributed by atoms with Gasteiger partial charge in [-0.1, -0.05) is 35.9 Å². The average molecular weight is 480 g/mol. The molecule has 7 heteroatoms. The van der Waals surface area contributed by atoms with E-state index in [9.17, 15) is 13.2 Å².